The number of nitrogens with zero attached hydrogens (tertiary/aromatic N) is 6. The Morgan fingerprint density at radius 2 is 1.80 bits per heavy atom. The van der Waals surface area contributed by atoms with E-state index in [-0.39, 0.29) is 90.7 Å². The fourth-order valence-corrected chi connectivity index (χ4v) is 10.3. The first-order chi connectivity index (χ1) is 31.7. The lowest BCUT2D eigenvalue weighted by Gasteiger charge is -2.47. The number of fused-ring (bicyclic) bond motifs is 2. The Hall–Kier alpha value is -5.72. The van der Waals surface area contributed by atoms with E-state index in [9.17, 15) is 24.0 Å². The van der Waals surface area contributed by atoms with E-state index in [1.165, 1.54) is 11.9 Å². The van der Waals surface area contributed by atoms with Crippen LogP contribution in [0.4, 0.5) is 26.2 Å². The van der Waals surface area contributed by atoms with Crippen molar-refractivity contribution in [3.05, 3.63) is 80.0 Å². The second kappa shape index (κ2) is 18.5. The number of pyridine rings is 1. The van der Waals surface area contributed by atoms with Crippen LogP contribution in [0.1, 0.15) is 97.8 Å². The molecule has 2 aromatic carbocycles. The maximum absolute atomic E-state index is 16.2. The number of hydrogen-bond donors (Lipinski definition) is 3. The Morgan fingerprint density at radius 3 is 2.52 bits per heavy atom. The molecule has 4 aromatic rings. The zero-order chi connectivity index (χ0) is 46.6. The van der Waals surface area contributed by atoms with Gasteiger partial charge in [-0.3, -0.25) is 34.2 Å². The Kier molecular flexibility index (Phi) is 12.7. The summed E-state index contributed by atoms with van der Waals surface area (Å²) in [4.78, 5) is 77.6. The third-order valence-electron chi connectivity index (χ3n) is 13.8. The van der Waals surface area contributed by atoms with Crippen LogP contribution < -0.4 is 31.1 Å². The molecule has 4 aliphatic heterocycles. The standard InChI is InChI=1S/C47H54ClF2N9O7/c1-24(2)59-36-6-5-27(16-26(36)17-38(45(59)63)65-23-40(61)51-4)53-43-34(48)20-52-47(55-43)56-12-9-29(10-13-56)66-30-18-28(19-30)57-14-11-31(35(49)22-57)32-15-25(3)41-33(42(32)50)21-58(46(41)64)37-7-8-39(60)54-44(37)62/h5-6,15-17,20,24,28-31,35,37H,7-14,18-19,21-23H2,1-4H3,(H,51,61)(H,52,53,55)(H,54,60,62)/t28-,30-,31-,35-,37-/m0/s1. The van der Waals surface area contributed by atoms with Crippen molar-refractivity contribution in [2.45, 2.75) is 115 Å². The molecular weight excluding hydrogens is 876 g/mol. The highest BCUT2D eigenvalue weighted by Gasteiger charge is 2.45. The molecule has 19 heteroatoms. The number of piperidine rings is 3. The van der Waals surface area contributed by atoms with Crippen molar-refractivity contribution in [1.82, 2.24) is 35.0 Å². The van der Waals surface area contributed by atoms with Crippen LogP contribution in [0.15, 0.2) is 41.3 Å². The number of carbonyl (C=O) groups is 4. The first kappa shape index (κ1) is 45.4. The molecule has 4 amide bonds. The van der Waals surface area contributed by atoms with Crippen LogP contribution >= 0.6 is 11.6 Å². The maximum atomic E-state index is 16.2. The number of halogens is 3. The molecule has 1 aliphatic carbocycles. The van der Waals surface area contributed by atoms with E-state index in [2.05, 4.69) is 30.7 Å². The molecule has 350 valence electrons. The van der Waals surface area contributed by atoms with E-state index in [0.29, 0.717) is 59.6 Å². The summed E-state index contributed by atoms with van der Waals surface area (Å²) >= 11 is 6.59. The minimum absolute atomic E-state index is 0.0617. The Morgan fingerprint density at radius 1 is 1.03 bits per heavy atom. The van der Waals surface area contributed by atoms with Gasteiger partial charge in [0.15, 0.2) is 18.2 Å². The minimum atomic E-state index is -1.29. The fraction of sp³-hybridized carbons (Fsp3) is 0.511. The van der Waals surface area contributed by atoms with E-state index >= 15 is 8.78 Å². The van der Waals surface area contributed by atoms with Gasteiger partial charge in [-0.2, -0.15) is 4.98 Å². The molecule has 66 heavy (non-hydrogen) atoms. The topological polar surface area (TPSA) is 180 Å². The van der Waals surface area contributed by atoms with Crippen LogP contribution in [-0.4, -0.2) is 118 Å². The number of benzene rings is 2. The molecule has 2 aromatic heterocycles. The molecule has 0 bridgehead atoms. The highest BCUT2D eigenvalue weighted by Crippen LogP contribution is 2.41. The Bertz CT molecular complexity index is 2650. The number of anilines is 3. The third-order valence-corrected chi connectivity index (χ3v) is 14.1. The van der Waals surface area contributed by atoms with Gasteiger partial charge in [-0.25, -0.2) is 13.8 Å². The van der Waals surface area contributed by atoms with Gasteiger partial charge in [0.05, 0.1) is 36.0 Å². The normalized spacial score (nSPS) is 23.8. The van der Waals surface area contributed by atoms with Crippen LogP contribution in [0.5, 0.6) is 5.75 Å². The van der Waals surface area contributed by atoms with Gasteiger partial charge in [0.25, 0.3) is 17.4 Å². The van der Waals surface area contributed by atoms with Gasteiger partial charge < -0.3 is 34.5 Å². The van der Waals surface area contributed by atoms with E-state index in [4.69, 9.17) is 26.1 Å². The zero-order valence-electron chi connectivity index (χ0n) is 37.4. The van der Waals surface area contributed by atoms with Gasteiger partial charge in [-0.1, -0.05) is 17.7 Å². The number of aryl methyl sites for hydroxylation is 1. The molecule has 5 aliphatic rings. The van der Waals surface area contributed by atoms with Crippen molar-refractivity contribution in [3.8, 4) is 5.75 Å². The largest absolute Gasteiger partial charge is 0.478 e. The number of rotatable bonds is 12. The number of likely N-dealkylation sites (N-methyl/N-ethyl adjacent to an activating group) is 1. The molecule has 3 saturated heterocycles. The van der Waals surface area contributed by atoms with Crippen molar-refractivity contribution in [2.24, 2.45) is 0 Å². The molecular formula is C47H54ClF2N9O7. The van der Waals surface area contributed by atoms with Gasteiger partial charge in [0, 0.05) is 67.7 Å². The molecule has 9 rings (SSSR count). The van der Waals surface area contributed by atoms with Crippen molar-refractivity contribution >= 4 is 63.6 Å². The SMILES string of the molecule is CNC(=O)COc1cc2cc(Nc3nc(N4CCC(O[C@H]5C[C@H](N6CC[C@@H](c7cc(C)c8c(c7F)CN([C@H]7CCC(=O)NC7=O)C8=O)[C@@H](F)C6)C5)CC4)ncc3Cl)ccc2n(C(C)C)c1=O. The lowest BCUT2D eigenvalue weighted by molar-refractivity contribution is -0.137. The molecule has 0 spiro atoms. The van der Waals surface area contributed by atoms with Gasteiger partial charge in [-0.15, -0.1) is 0 Å². The predicted octanol–water partition coefficient (Wildman–Crippen LogP) is 5.45. The van der Waals surface area contributed by atoms with Crippen molar-refractivity contribution in [3.63, 3.8) is 0 Å². The number of nitrogens with one attached hydrogen (secondary N) is 3. The smallest absolute Gasteiger partial charge is 0.293 e. The first-order valence-corrected chi connectivity index (χ1v) is 23.1. The molecule has 6 heterocycles. The summed E-state index contributed by atoms with van der Waals surface area (Å²) in [5, 5.41) is 9.14. The molecule has 0 radical (unpaired) electrons. The number of aromatic nitrogens is 3. The molecule has 3 atom stereocenters. The molecule has 3 N–H and O–H groups in total. The van der Waals surface area contributed by atoms with Gasteiger partial charge in [0.1, 0.15) is 23.1 Å². The Labute approximate surface area is 385 Å². The quantitative estimate of drug-likeness (QED) is 0.153. The first-order valence-electron chi connectivity index (χ1n) is 22.7. The lowest BCUT2D eigenvalue weighted by atomic mass is 9.81. The summed E-state index contributed by atoms with van der Waals surface area (Å²) in [6, 6.07) is 7.96. The number of hydrogen-bond acceptors (Lipinski definition) is 12. The summed E-state index contributed by atoms with van der Waals surface area (Å²) < 4.78 is 46.0. The van der Waals surface area contributed by atoms with Gasteiger partial charge in [0.2, 0.25) is 17.8 Å². The third kappa shape index (κ3) is 8.82. The van der Waals surface area contributed by atoms with E-state index < -0.39 is 41.7 Å². The number of imide groups is 1. The highest BCUT2D eigenvalue weighted by molar-refractivity contribution is 6.33. The van der Waals surface area contributed by atoms with Crippen molar-refractivity contribution in [2.75, 3.05) is 50.1 Å². The van der Waals surface area contributed by atoms with E-state index in [0.717, 1.165) is 31.1 Å². The number of likely N-dealkylation sites (tertiary alicyclic amines) is 1. The van der Waals surface area contributed by atoms with Crippen molar-refractivity contribution in [1.29, 1.82) is 0 Å². The van der Waals surface area contributed by atoms with Crippen LogP contribution in [0.25, 0.3) is 10.9 Å². The average molecular weight is 930 g/mol. The van der Waals surface area contributed by atoms with Crippen LogP contribution in [0.2, 0.25) is 5.02 Å². The number of carbonyl (C=O) groups excluding carboxylic acids is 4. The number of ether oxygens (including phenoxy) is 2. The van der Waals surface area contributed by atoms with Gasteiger partial charge >= 0.3 is 0 Å². The molecule has 1 saturated carbocycles. The molecule has 16 nitrogen and oxygen atoms in total. The minimum Gasteiger partial charge on any atom is -0.478 e. The van der Waals surface area contributed by atoms with Gasteiger partial charge in [-0.05, 0) is 101 Å². The van der Waals surface area contributed by atoms with Crippen molar-refractivity contribution < 1.29 is 37.4 Å². The molecule has 0 unspecified atom stereocenters. The highest BCUT2D eigenvalue weighted by atomic mass is 35.5. The summed E-state index contributed by atoms with van der Waals surface area (Å²) in [6.07, 6.45) is 4.29. The maximum Gasteiger partial charge on any atom is 0.293 e. The van der Waals surface area contributed by atoms with E-state index in [1.54, 1.807) is 29.8 Å². The van der Waals surface area contributed by atoms with E-state index in [1.807, 2.05) is 32.0 Å². The number of alkyl halides is 1. The number of amides is 4. The van der Waals surface area contributed by atoms with Crippen LogP contribution in [0, 0.1) is 12.7 Å². The second-order valence-corrected chi connectivity index (χ2v) is 18.7. The summed E-state index contributed by atoms with van der Waals surface area (Å²) in [6.45, 7) is 7.34. The fourth-order valence-electron chi connectivity index (χ4n) is 10.2. The van der Waals surface area contributed by atoms with Crippen LogP contribution in [-0.2, 0) is 25.7 Å². The summed E-state index contributed by atoms with van der Waals surface area (Å²) in [5.74, 6) is -1.94. The van der Waals surface area contributed by atoms with Crippen LogP contribution in [0.3, 0.4) is 0 Å². The predicted molar refractivity (Wildman–Crippen MR) is 243 cm³/mol. The summed E-state index contributed by atoms with van der Waals surface area (Å²) in [5.41, 5.74) is 2.33. The Balaban J connectivity index is 0.763. The molecule has 4 fully saturated rings. The summed E-state index contributed by atoms with van der Waals surface area (Å²) in [7, 11) is 1.50. The average Bonchev–Trinajstić information content (AvgIpc) is 3.63. The zero-order valence-corrected chi connectivity index (χ0v) is 38.1. The lowest BCUT2D eigenvalue weighted by Crippen LogP contribution is -2.54. The monoisotopic (exact) mass is 929 g/mol. The second-order valence-electron chi connectivity index (χ2n) is 18.3.